The molecule has 1 atom stereocenters. The molecule has 1 aliphatic heterocycles. The first-order chi connectivity index (χ1) is 15.6. The molecule has 2 heterocycles. The molecular weight excluding hydrogens is 400 g/mol. The number of carbonyl (C=O) groups is 2. The van der Waals surface area contributed by atoms with Crippen LogP contribution in [0.5, 0.6) is 0 Å². The summed E-state index contributed by atoms with van der Waals surface area (Å²) in [6.45, 7) is 1.96. The van der Waals surface area contributed by atoms with Crippen LogP contribution in [-0.4, -0.2) is 21.8 Å². The summed E-state index contributed by atoms with van der Waals surface area (Å²) in [7, 11) is 0. The highest BCUT2D eigenvalue weighted by atomic mass is 16.3. The predicted octanol–water partition coefficient (Wildman–Crippen LogP) is 5.17. The number of amides is 1. The van der Waals surface area contributed by atoms with Crippen molar-refractivity contribution in [2.24, 2.45) is 0 Å². The van der Waals surface area contributed by atoms with Crippen molar-refractivity contribution in [2.75, 3.05) is 4.90 Å². The van der Waals surface area contributed by atoms with Gasteiger partial charge >= 0.3 is 0 Å². The minimum Gasteiger partial charge on any atom is -0.507 e. The summed E-state index contributed by atoms with van der Waals surface area (Å²) in [5, 5.41) is 13.2. The number of benzene rings is 3. The van der Waals surface area contributed by atoms with Gasteiger partial charge in [0.1, 0.15) is 5.76 Å². The van der Waals surface area contributed by atoms with Crippen molar-refractivity contribution in [1.82, 2.24) is 4.98 Å². The maximum absolute atomic E-state index is 13.3. The number of ketones is 1. The summed E-state index contributed by atoms with van der Waals surface area (Å²) < 4.78 is 0. The summed E-state index contributed by atoms with van der Waals surface area (Å²) in [5.41, 5.74) is 2.92. The van der Waals surface area contributed by atoms with Crippen molar-refractivity contribution in [3.05, 3.63) is 114 Å². The van der Waals surface area contributed by atoms with E-state index in [1.807, 2.05) is 67.6 Å². The average molecular weight is 420 g/mol. The van der Waals surface area contributed by atoms with E-state index in [1.54, 1.807) is 30.6 Å². The third-order valence-corrected chi connectivity index (χ3v) is 5.82. The number of aliphatic hydroxyl groups excluding tert-OH is 1. The lowest BCUT2D eigenvalue weighted by Gasteiger charge is -2.25. The van der Waals surface area contributed by atoms with E-state index in [0.29, 0.717) is 16.8 Å². The largest absolute Gasteiger partial charge is 0.507 e. The first-order valence-corrected chi connectivity index (χ1v) is 10.3. The number of aryl methyl sites for hydroxylation is 1. The molecule has 0 radical (unpaired) electrons. The van der Waals surface area contributed by atoms with Crippen molar-refractivity contribution in [1.29, 1.82) is 0 Å². The van der Waals surface area contributed by atoms with Crippen LogP contribution in [0.3, 0.4) is 0 Å². The normalized spacial score (nSPS) is 17.8. The fraction of sp³-hybridized carbons (Fsp3) is 0.0741. The van der Waals surface area contributed by atoms with Crippen LogP contribution in [0.1, 0.15) is 22.7 Å². The lowest BCUT2D eigenvalue weighted by molar-refractivity contribution is -0.132. The number of aliphatic hydroxyl groups is 1. The molecule has 1 fully saturated rings. The van der Waals surface area contributed by atoms with Gasteiger partial charge in [-0.25, -0.2) is 0 Å². The monoisotopic (exact) mass is 420 g/mol. The van der Waals surface area contributed by atoms with Gasteiger partial charge in [-0.05, 0) is 47.5 Å². The number of nitrogens with zero attached hydrogens (tertiary/aromatic N) is 2. The molecule has 0 aliphatic carbocycles. The molecule has 0 bridgehead atoms. The minimum absolute atomic E-state index is 0.0677. The lowest BCUT2D eigenvalue weighted by Crippen LogP contribution is -2.29. The summed E-state index contributed by atoms with van der Waals surface area (Å²) in [5.74, 6) is -1.56. The molecule has 5 nitrogen and oxygen atoms in total. The van der Waals surface area contributed by atoms with Crippen molar-refractivity contribution in [3.8, 4) is 0 Å². The van der Waals surface area contributed by atoms with Gasteiger partial charge in [0.25, 0.3) is 11.7 Å². The fourth-order valence-corrected chi connectivity index (χ4v) is 4.24. The van der Waals surface area contributed by atoms with Gasteiger partial charge in [0.05, 0.1) is 11.6 Å². The molecular formula is C27H20N2O3. The van der Waals surface area contributed by atoms with Crippen LogP contribution in [0.4, 0.5) is 5.69 Å². The molecule has 1 aliphatic rings. The van der Waals surface area contributed by atoms with Gasteiger partial charge in [0, 0.05) is 23.6 Å². The molecule has 1 unspecified atom stereocenters. The number of pyridine rings is 1. The molecule has 156 valence electrons. The number of rotatable bonds is 3. The number of hydrogen-bond donors (Lipinski definition) is 1. The van der Waals surface area contributed by atoms with Crippen molar-refractivity contribution in [3.63, 3.8) is 0 Å². The number of Topliss-reactive ketones (excluding diaryl/α,β-unsaturated/α-hetero) is 1. The average Bonchev–Trinajstić information content (AvgIpc) is 3.10. The second-order valence-corrected chi connectivity index (χ2v) is 7.81. The van der Waals surface area contributed by atoms with E-state index in [1.165, 1.54) is 4.90 Å². The van der Waals surface area contributed by atoms with Gasteiger partial charge in [-0.15, -0.1) is 0 Å². The standard InChI is InChI=1S/C27H20N2O3/c1-17-9-11-20(12-10-17)29-24(19-13-15-28-16-14-19)23(26(31)27(29)32)25(30)22-8-4-6-18-5-2-3-7-21(18)22/h2-16,24,30H,1H3/b25-23-. The van der Waals surface area contributed by atoms with Gasteiger partial charge in [0.15, 0.2) is 0 Å². The van der Waals surface area contributed by atoms with Crippen LogP contribution in [0.25, 0.3) is 16.5 Å². The Morgan fingerprint density at radius 1 is 0.875 bits per heavy atom. The topological polar surface area (TPSA) is 70.5 Å². The Morgan fingerprint density at radius 3 is 2.31 bits per heavy atom. The molecule has 3 aromatic carbocycles. The molecule has 32 heavy (non-hydrogen) atoms. The molecule has 1 aromatic heterocycles. The molecule has 1 amide bonds. The van der Waals surface area contributed by atoms with Gasteiger partial charge in [-0.1, -0.05) is 60.2 Å². The minimum atomic E-state index is -0.764. The lowest BCUT2D eigenvalue weighted by atomic mass is 9.93. The summed E-state index contributed by atoms with van der Waals surface area (Å²) >= 11 is 0. The molecule has 1 N–H and O–H groups in total. The number of anilines is 1. The second kappa shape index (κ2) is 7.78. The number of aromatic nitrogens is 1. The van der Waals surface area contributed by atoms with Gasteiger partial charge in [0.2, 0.25) is 0 Å². The van der Waals surface area contributed by atoms with Gasteiger partial charge < -0.3 is 5.11 Å². The van der Waals surface area contributed by atoms with E-state index in [9.17, 15) is 14.7 Å². The number of hydrogen-bond acceptors (Lipinski definition) is 4. The Bertz CT molecular complexity index is 1370. The third kappa shape index (κ3) is 3.15. The van der Waals surface area contributed by atoms with Gasteiger partial charge in [-0.3, -0.25) is 19.5 Å². The SMILES string of the molecule is Cc1ccc(N2C(=O)C(=O)/C(=C(\O)c3cccc4ccccc34)C2c2ccncc2)cc1. The Morgan fingerprint density at radius 2 is 1.56 bits per heavy atom. The van der Waals surface area contributed by atoms with Crippen molar-refractivity contribution >= 4 is 33.9 Å². The summed E-state index contributed by atoms with van der Waals surface area (Å²) in [6.07, 6.45) is 3.23. The van der Waals surface area contributed by atoms with Gasteiger partial charge in [-0.2, -0.15) is 0 Å². The highest BCUT2D eigenvalue weighted by Gasteiger charge is 2.47. The molecule has 4 aromatic rings. The Labute approximate surface area is 185 Å². The smallest absolute Gasteiger partial charge is 0.300 e. The van der Waals surface area contributed by atoms with Crippen LogP contribution in [-0.2, 0) is 9.59 Å². The van der Waals surface area contributed by atoms with E-state index < -0.39 is 17.7 Å². The van der Waals surface area contributed by atoms with Crippen molar-refractivity contribution in [2.45, 2.75) is 13.0 Å². The summed E-state index contributed by atoms with van der Waals surface area (Å²) in [4.78, 5) is 32.0. The Kier molecular flexibility index (Phi) is 4.79. The van der Waals surface area contributed by atoms with Crippen LogP contribution in [0, 0.1) is 6.92 Å². The number of carbonyl (C=O) groups excluding carboxylic acids is 2. The molecule has 5 heteroatoms. The van der Waals surface area contributed by atoms with E-state index in [-0.39, 0.29) is 11.3 Å². The summed E-state index contributed by atoms with van der Waals surface area (Å²) in [6, 6.07) is 23.3. The van der Waals surface area contributed by atoms with E-state index in [4.69, 9.17) is 0 Å². The highest BCUT2D eigenvalue weighted by Crippen LogP contribution is 2.42. The van der Waals surface area contributed by atoms with Crippen LogP contribution >= 0.6 is 0 Å². The van der Waals surface area contributed by atoms with Crippen LogP contribution in [0.15, 0.2) is 96.8 Å². The zero-order valence-corrected chi connectivity index (χ0v) is 17.4. The zero-order chi connectivity index (χ0) is 22.2. The highest BCUT2D eigenvalue weighted by molar-refractivity contribution is 6.51. The Hall–Kier alpha value is -4.25. The second-order valence-electron chi connectivity index (χ2n) is 7.81. The van der Waals surface area contributed by atoms with E-state index in [0.717, 1.165) is 16.3 Å². The van der Waals surface area contributed by atoms with Crippen molar-refractivity contribution < 1.29 is 14.7 Å². The maximum atomic E-state index is 13.3. The third-order valence-electron chi connectivity index (χ3n) is 5.82. The molecule has 0 saturated carbocycles. The maximum Gasteiger partial charge on any atom is 0.300 e. The van der Waals surface area contributed by atoms with Crippen LogP contribution < -0.4 is 4.90 Å². The fourth-order valence-electron chi connectivity index (χ4n) is 4.24. The quantitative estimate of drug-likeness (QED) is 0.282. The first-order valence-electron chi connectivity index (χ1n) is 10.3. The van der Waals surface area contributed by atoms with E-state index in [2.05, 4.69) is 4.98 Å². The zero-order valence-electron chi connectivity index (χ0n) is 17.4. The van der Waals surface area contributed by atoms with Crippen LogP contribution in [0.2, 0.25) is 0 Å². The predicted molar refractivity (Wildman–Crippen MR) is 124 cm³/mol. The molecule has 0 spiro atoms. The Balaban J connectivity index is 1.77. The molecule has 1 saturated heterocycles. The molecule has 5 rings (SSSR count). The number of fused-ring (bicyclic) bond motifs is 1. The van der Waals surface area contributed by atoms with E-state index >= 15 is 0 Å². The first kappa shape index (κ1) is 19.7.